The molecule has 1 N–H and O–H groups in total. The highest BCUT2D eigenvalue weighted by atomic mass is 32.1. The van der Waals surface area contributed by atoms with E-state index in [4.69, 9.17) is 4.42 Å². The Morgan fingerprint density at radius 2 is 2.44 bits per heavy atom. The normalized spacial score (nSPS) is 24.3. The fourth-order valence-electron chi connectivity index (χ4n) is 2.47. The lowest BCUT2D eigenvalue weighted by atomic mass is 9.87. The van der Waals surface area contributed by atoms with Crippen LogP contribution in [0.3, 0.4) is 0 Å². The fourth-order valence-corrected chi connectivity index (χ4v) is 3.34. The van der Waals surface area contributed by atoms with Crippen LogP contribution in [0.4, 0.5) is 0 Å². The van der Waals surface area contributed by atoms with Gasteiger partial charge in [-0.15, -0.1) is 11.3 Å². The Morgan fingerprint density at radius 3 is 3.25 bits per heavy atom. The minimum atomic E-state index is -0.0397. The lowest BCUT2D eigenvalue weighted by molar-refractivity contribution is 0.276. The molecule has 0 fully saturated rings. The van der Waals surface area contributed by atoms with Gasteiger partial charge in [-0.05, 0) is 36.4 Å². The smallest absolute Gasteiger partial charge is 0.127 e. The summed E-state index contributed by atoms with van der Waals surface area (Å²) in [5, 5.41) is 5.72. The van der Waals surface area contributed by atoms with Gasteiger partial charge in [0, 0.05) is 17.8 Å². The highest BCUT2D eigenvalue weighted by molar-refractivity contribution is 7.09. The molecule has 0 amide bonds. The molecule has 0 aliphatic carbocycles. The van der Waals surface area contributed by atoms with E-state index in [0.717, 1.165) is 25.1 Å². The molecule has 0 radical (unpaired) electrons. The molecule has 16 heavy (non-hydrogen) atoms. The van der Waals surface area contributed by atoms with Gasteiger partial charge in [-0.2, -0.15) is 0 Å². The van der Waals surface area contributed by atoms with Crippen LogP contribution >= 0.6 is 11.3 Å². The lowest BCUT2D eigenvalue weighted by Crippen LogP contribution is -2.45. The van der Waals surface area contributed by atoms with Gasteiger partial charge in [0.05, 0.1) is 11.8 Å². The van der Waals surface area contributed by atoms with Crippen molar-refractivity contribution in [2.75, 3.05) is 6.54 Å². The van der Waals surface area contributed by atoms with E-state index in [2.05, 4.69) is 35.8 Å². The second-order valence-corrected chi connectivity index (χ2v) is 5.57. The second-order valence-electron chi connectivity index (χ2n) is 4.54. The van der Waals surface area contributed by atoms with E-state index in [9.17, 15) is 0 Å². The van der Waals surface area contributed by atoms with Crippen LogP contribution in [0.15, 0.2) is 34.3 Å². The Morgan fingerprint density at radius 1 is 1.50 bits per heavy atom. The third-order valence-electron chi connectivity index (χ3n) is 3.27. The minimum Gasteiger partial charge on any atom is -0.467 e. The second kappa shape index (κ2) is 3.75. The van der Waals surface area contributed by atoms with Gasteiger partial charge >= 0.3 is 0 Å². The van der Waals surface area contributed by atoms with Gasteiger partial charge in [-0.25, -0.2) is 0 Å². The summed E-state index contributed by atoms with van der Waals surface area (Å²) < 4.78 is 5.66. The van der Waals surface area contributed by atoms with E-state index in [1.54, 1.807) is 0 Å². The van der Waals surface area contributed by atoms with Crippen LogP contribution in [0, 0.1) is 0 Å². The summed E-state index contributed by atoms with van der Waals surface area (Å²) in [6.07, 6.45) is 3.89. The molecule has 0 aromatic carbocycles. The van der Waals surface area contributed by atoms with Crippen LogP contribution in [-0.4, -0.2) is 6.54 Å². The van der Waals surface area contributed by atoms with Crippen molar-refractivity contribution in [1.29, 1.82) is 0 Å². The van der Waals surface area contributed by atoms with Gasteiger partial charge in [-0.3, -0.25) is 0 Å². The molecule has 2 aromatic rings. The minimum absolute atomic E-state index is 0.0397. The van der Waals surface area contributed by atoms with Crippen LogP contribution in [0.2, 0.25) is 0 Å². The quantitative estimate of drug-likeness (QED) is 0.862. The van der Waals surface area contributed by atoms with E-state index < -0.39 is 0 Å². The van der Waals surface area contributed by atoms with Crippen molar-refractivity contribution in [2.45, 2.75) is 25.3 Å². The van der Waals surface area contributed by atoms with Crippen LogP contribution in [0.5, 0.6) is 0 Å². The van der Waals surface area contributed by atoms with Crippen LogP contribution in [0.25, 0.3) is 0 Å². The van der Waals surface area contributed by atoms with E-state index in [-0.39, 0.29) is 5.54 Å². The highest BCUT2D eigenvalue weighted by Gasteiger charge is 2.35. The maximum atomic E-state index is 5.66. The molecule has 3 rings (SSSR count). The molecule has 0 bridgehead atoms. The SMILES string of the molecule is CC1(Cc2cccs2)NCCc2ccoc21. The summed E-state index contributed by atoms with van der Waals surface area (Å²) in [5.74, 6) is 1.12. The molecule has 0 saturated carbocycles. The number of thiophene rings is 1. The largest absolute Gasteiger partial charge is 0.467 e. The van der Waals surface area contributed by atoms with Crippen molar-refractivity contribution >= 4 is 11.3 Å². The van der Waals surface area contributed by atoms with E-state index in [1.165, 1.54) is 10.4 Å². The van der Waals surface area contributed by atoms with Gasteiger partial charge in [-0.1, -0.05) is 6.07 Å². The molecule has 2 aromatic heterocycles. The zero-order valence-corrected chi connectivity index (χ0v) is 10.1. The van der Waals surface area contributed by atoms with Gasteiger partial charge in [0.25, 0.3) is 0 Å². The molecular formula is C13H15NOS. The van der Waals surface area contributed by atoms with E-state index in [0.29, 0.717) is 0 Å². The number of rotatable bonds is 2. The average molecular weight is 233 g/mol. The fraction of sp³-hybridized carbons (Fsp3) is 0.385. The van der Waals surface area contributed by atoms with Crippen molar-refractivity contribution in [3.05, 3.63) is 46.0 Å². The van der Waals surface area contributed by atoms with Crippen LogP contribution in [-0.2, 0) is 18.4 Å². The monoisotopic (exact) mass is 233 g/mol. The molecule has 3 heterocycles. The first-order valence-electron chi connectivity index (χ1n) is 5.62. The first-order valence-corrected chi connectivity index (χ1v) is 6.50. The molecule has 2 nitrogen and oxygen atoms in total. The predicted molar refractivity (Wildman–Crippen MR) is 65.8 cm³/mol. The van der Waals surface area contributed by atoms with Gasteiger partial charge in [0.2, 0.25) is 0 Å². The number of nitrogens with one attached hydrogen (secondary N) is 1. The maximum absolute atomic E-state index is 5.66. The molecule has 1 atom stereocenters. The molecule has 1 aliphatic heterocycles. The van der Waals surface area contributed by atoms with E-state index in [1.807, 2.05) is 17.6 Å². The summed E-state index contributed by atoms with van der Waals surface area (Å²) in [6, 6.07) is 6.40. The summed E-state index contributed by atoms with van der Waals surface area (Å²) in [5.41, 5.74) is 1.32. The Balaban J connectivity index is 1.95. The number of fused-ring (bicyclic) bond motifs is 1. The Kier molecular flexibility index (Phi) is 2.37. The Hall–Kier alpha value is -1.06. The third-order valence-corrected chi connectivity index (χ3v) is 4.14. The topological polar surface area (TPSA) is 25.2 Å². The molecule has 0 saturated heterocycles. The Labute approximate surface area is 99.3 Å². The standard InChI is InChI=1S/C13H15NOS/c1-13(9-11-3-2-8-16-11)12-10(4-6-14-13)5-7-15-12/h2-3,5,7-8,14H,4,6,9H2,1H3. The summed E-state index contributed by atoms with van der Waals surface area (Å²) >= 11 is 1.81. The number of hydrogen-bond acceptors (Lipinski definition) is 3. The van der Waals surface area contributed by atoms with Crippen LogP contribution in [0.1, 0.15) is 23.1 Å². The number of hydrogen-bond donors (Lipinski definition) is 1. The van der Waals surface area contributed by atoms with Gasteiger partial charge < -0.3 is 9.73 Å². The zero-order valence-electron chi connectivity index (χ0n) is 9.32. The van der Waals surface area contributed by atoms with Crippen LogP contribution < -0.4 is 5.32 Å². The maximum Gasteiger partial charge on any atom is 0.127 e. The first-order chi connectivity index (χ1) is 7.78. The van der Waals surface area contributed by atoms with Crippen molar-refractivity contribution in [3.8, 4) is 0 Å². The summed E-state index contributed by atoms with van der Waals surface area (Å²) in [4.78, 5) is 1.40. The van der Waals surface area contributed by atoms with Crippen molar-refractivity contribution in [2.24, 2.45) is 0 Å². The molecular weight excluding hydrogens is 218 g/mol. The first kappa shape index (κ1) is 10.1. The van der Waals surface area contributed by atoms with Crippen molar-refractivity contribution < 1.29 is 4.42 Å². The van der Waals surface area contributed by atoms with E-state index >= 15 is 0 Å². The summed E-state index contributed by atoms with van der Waals surface area (Å²) in [6.45, 7) is 3.27. The van der Waals surface area contributed by atoms with Crippen molar-refractivity contribution in [1.82, 2.24) is 5.32 Å². The average Bonchev–Trinajstić information content (AvgIpc) is 2.88. The molecule has 0 spiro atoms. The highest BCUT2D eigenvalue weighted by Crippen LogP contribution is 2.33. The summed E-state index contributed by atoms with van der Waals surface area (Å²) in [7, 11) is 0. The predicted octanol–water partition coefficient (Wildman–Crippen LogP) is 2.94. The third kappa shape index (κ3) is 1.60. The van der Waals surface area contributed by atoms with Gasteiger partial charge in [0.1, 0.15) is 5.76 Å². The van der Waals surface area contributed by atoms with Crippen molar-refractivity contribution in [3.63, 3.8) is 0 Å². The molecule has 1 unspecified atom stereocenters. The Bertz CT molecular complexity index is 474. The number of furan rings is 1. The molecule has 84 valence electrons. The van der Waals surface area contributed by atoms with Gasteiger partial charge in [0.15, 0.2) is 0 Å². The zero-order chi connectivity index (χ0) is 11.0. The molecule has 3 heteroatoms. The lowest BCUT2D eigenvalue weighted by Gasteiger charge is -2.33. The molecule has 1 aliphatic rings.